The lowest BCUT2D eigenvalue weighted by atomic mass is 10.0. The first kappa shape index (κ1) is 20.2. The van der Waals surface area contributed by atoms with E-state index in [2.05, 4.69) is 4.98 Å². The van der Waals surface area contributed by atoms with Gasteiger partial charge in [0.25, 0.3) is 0 Å². The van der Waals surface area contributed by atoms with Crippen LogP contribution in [0.4, 0.5) is 13.2 Å². The molecule has 0 fully saturated rings. The lowest BCUT2D eigenvalue weighted by Gasteiger charge is -2.28. The SMILES string of the molecule is N[C@@H](CC(=O)N1CCn2cc(-c3ccc(F)cc3)nc2C1)Cc1ccc(F)c(F)c1. The van der Waals surface area contributed by atoms with Crippen LogP contribution in [0.5, 0.6) is 0 Å². The van der Waals surface area contributed by atoms with Crippen molar-refractivity contribution in [2.45, 2.75) is 32.0 Å². The number of hydrogen-bond donors (Lipinski definition) is 1. The molecule has 0 radical (unpaired) electrons. The molecule has 8 heteroatoms. The molecule has 2 heterocycles. The van der Waals surface area contributed by atoms with Crippen molar-refractivity contribution in [3.63, 3.8) is 0 Å². The van der Waals surface area contributed by atoms with Gasteiger partial charge in [-0.05, 0) is 48.4 Å². The van der Waals surface area contributed by atoms with Crippen LogP contribution >= 0.6 is 0 Å². The zero-order valence-electron chi connectivity index (χ0n) is 16.2. The third-order valence-corrected chi connectivity index (χ3v) is 5.21. The number of carbonyl (C=O) groups excluding carboxylic acids is 1. The van der Waals surface area contributed by atoms with E-state index in [-0.39, 0.29) is 24.6 Å². The van der Waals surface area contributed by atoms with Crippen molar-refractivity contribution in [3.05, 3.63) is 77.5 Å². The average molecular weight is 414 g/mol. The molecule has 0 bridgehead atoms. The largest absolute Gasteiger partial charge is 0.333 e. The molecule has 0 aliphatic carbocycles. The van der Waals surface area contributed by atoms with Gasteiger partial charge in [0.2, 0.25) is 5.91 Å². The predicted molar refractivity (Wildman–Crippen MR) is 106 cm³/mol. The number of rotatable bonds is 5. The van der Waals surface area contributed by atoms with E-state index in [1.807, 2.05) is 10.8 Å². The van der Waals surface area contributed by atoms with Gasteiger partial charge in [0.15, 0.2) is 11.6 Å². The fourth-order valence-corrected chi connectivity index (χ4v) is 3.62. The van der Waals surface area contributed by atoms with Crippen LogP contribution in [0.25, 0.3) is 11.3 Å². The quantitative estimate of drug-likeness (QED) is 0.697. The highest BCUT2D eigenvalue weighted by atomic mass is 19.2. The summed E-state index contributed by atoms with van der Waals surface area (Å²) in [6.45, 7) is 1.49. The molecule has 1 aliphatic rings. The van der Waals surface area contributed by atoms with Crippen LogP contribution in [0.2, 0.25) is 0 Å². The summed E-state index contributed by atoms with van der Waals surface area (Å²) < 4.78 is 41.5. The summed E-state index contributed by atoms with van der Waals surface area (Å²) in [7, 11) is 0. The number of carbonyl (C=O) groups is 1. The molecule has 1 amide bonds. The maximum atomic E-state index is 13.3. The van der Waals surface area contributed by atoms with Gasteiger partial charge in [-0.25, -0.2) is 18.2 Å². The topological polar surface area (TPSA) is 64.2 Å². The molecule has 2 aromatic carbocycles. The first-order valence-electron chi connectivity index (χ1n) is 9.68. The summed E-state index contributed by atoms with van der Waals surface area (Å²) in [6, 6.07) is 9.25. The van der Waals surface area contributed by atoms with Crippen LogP contribution in [0.15, 0.2) is 48.7 Å². The molecule has 0 saturated carbocycles. The second-order valence-electron chi connectivity index (χ2n) is 7.47. The van der Waals surface area contributed by atoms with Gasteiger partial charge in [-0.15, -0.1) is 0 Å². The second kappa shape index (κ2) is 8.31. The van der Waals surface area contributed by atoms with E-state index in [4.69, 9.17) is 5.73 Å². The van der Waals surface area contributed by atoms with Crippen molar-refractivity contribution in [1.29, 1.82) is 0 Å². The maximum Gasteiger partial charge on any atom is 0.224 e. The molecule has 2 N–H and O–H groups in total. The Morgan fingerprint density at radius 2 is 1.83 bits per heavy atom. The molecule has 1 aliphatic heterocycles. The van der Waals surface area contributed by atoms with Crippen LogP contribution < -0.4 is 5.73 Å². The summed E-state index contributed by atoms with van der Waals surface area (Å²) >= 11 is 0. The Labute approximate surface area is 171 Å². The second-order valence-corrected chi connectivity index (χ2v) is 7.47. The molecule has 4 rings (SSSR count). The van der Waals surface area contributed by atoms with Gasteiger partial charge in [0.1, 0.15) is 11.6 Å². The summed E-state index contributed by atoms with van der Waals surface area (Å²) in [5.41, 5.74) is 8.16. The maximum absolute atomic E-state index is 13.3. The number of nitrogens with two attached hydrogens (primary N) is 1. The first-order valence-corrected chi connectivity index (χ1v) is 9.68. The highest BCUT2D eigenvalue weighted by molar-refractivity contribution is 5.77. The van der Waals surface area contributed by atoms with Gasteiger partial charge < -0.3 is 15.2 Å². The molecule has 5 nitrogen and oxygen atoms in total. The van der Waals surface area contributed by atoms with Gasteiger partial charge in [-0.3, -0.25) is 4.79 Å². The predicted octanol–water partition coefficient (Wildman–Crippen LogP) is 3.27. The minimum atomic E-state index is -0.925. The normalized spacial score (nSPS) is 14.5. The number of benzene rings is 2. The number of aromatic nitrogens is 2. The number of halogens is 3. The zero-order chi connectivity index (χ0) is 21.3. The number of fused-ring (bicyclic) bond motifs is 1. The smallest absolute Gasteiger partial charge is 0.224 e. The highest BCUT2D eigenvalue weighted by Crippen LogP contribution is 2.22. The minimum absolute atomic E-state index is 0.102. The van der Waals surface area contributed by atoms with Gasteiger partial charge in [0, 0.05) is 37.3 Å². The fraction of sp³-hybridized carbons (Fsp3) is 0.273. The Morgan fingerprint density at radius 3 is 2.57 bits per heavy atom. The molecule has 1 aromatic heterocycles. The van der Waals surface area contributed by atoms with E-state index in [0.29, 0.717) is 25.2 Å². The fourth-order valence-electron chi connectivity index (χ4n) is 3.62. The van der Waals surface area contributed by atoms with E-state index in [1.54, 1.807) is 17.0 Å². The molecular formula is C22H21F3N4O. The van der Waals surface area contributed by atoms with Crippen LogP contribution in [-0.4, -0.2) is 32.9 Å². The Hall–Kier alpha value is -3.13. The van der Waals surface area contributed by atoms with Gasteiger partial charge in [-0.2, -0.15) is 0 Å². The van der Waals surface area contributed by atoms with Crippen LogP contribution in [-0.2, 0) is 24.3 Å². The van der Waals surface area contributed by atoms with Crippen molar-refractivity contribution in [1.82, 2.24) is 14.5 Å². The number of amides is 1. The minimum Gasteiger partial charge on any atom is -0.333 e. The van der Waals surface area contributed by atoms with Crippen molar-refractivity contribution in [2.75, 3.05) is 6.54 Å². The molecule has 1 atom stereocenters. The van der Waals surface area contributed by atoms with Crippen molar-refractivity contribution in [3.8, 4) is 11.3 Å². The van der Waals surface area contributed by atoms with Crippen molar-refractivity contribution in [2.24, 2.45) is 5.73 Å². The summed E-state index contributed by atoms with van der Waals surface area (Å²) in [6.07, 6.45) is 2.28. The number of imidazole rings is 1. The Kier molecular flexibility index (Phi) is 5.59. The third-order valence-electron chi connectivity index (χ3n) is 5.21. The van der Waals surface area contributed by atoms with E-state index in [0.717, 1.165) is 29.2 Å². The molecule has 0 spiro atoms. The zero-order valence-corrected chi connectivity index (χ0v) is 16.2. The van der Waals surface area contributed by atoms with Gasteiger partial charge in [-0.1, -0.05) is 6.07 Å². The monoisotopic (exact) mass is 414 g/mol. The van der Waals surface area contributed by atoms with Gasteiger partial charge in [0.05, 0.1) is 12.2 Å². The lowest BCUT2D eigenvalue weighted by molar-refractivity contribution is -0.133. The van der Waals surface area contributed by atoms with Crippen LogP contribution in [0, 0.1) is 17.5 Å². The van der Waals surface area contributed by atoms with E-state index < -0.39 is 17.7 Å². The van der Waals surface area contributed by atoms with Crippen molar-refractivity contribution < 1.29 is 18.0 Å². The lowest BCUT2D eigenvalue weighted by Crippen LogP contribution is -2.41. The number of hydrogen-bond acceptors (Lipinski definition) is 3. The van der Waals surface area contributed by atoms with Crippen LogP contribution in [0.1, 0.15) is 17.8 Å². The third kappa shape index (κ3) is 4.38. The first-order chi connectivity index (χ1) is 14.4. The summed E-state index contributed by atoms with van der Waals surface area (Å²) in [5, 5.41) is 0. The molecule has 156 valence electrons. The Morgan fingerprint density at radius 1 is 1.07 bits per heavy atom. The van der Waals surface area contributed by atoms with Gasteiger partial charge >= 0.3 is 0 Å². The summed E-state index contributed by atoms with van der Waals surface area (Å²) in [5.74, 6) is -1.50. The van der Waals surface area contributed by atoms with Crippen molar-refractivity contribution >= 4 is 5.91 Å². The standard InChI is InChI=1S/C22H21F3N4O/c23-16-4-2-15(3-5-16)20-12-28-7-8-29(13-21(28)27-20)22(30)11-17(26)9-14-1-6-18(24)19(25)10-14/h1-6,10,12,17H,7-9,11,13,26H2/t17-/m1/s1. The van der Waals surface area contributed by atoms with E-state index >= 15 is 0 Å². The number of nitrogens with zero attached hydrogens (tertiary/aromatic N) is 3. The summed E-state index contributed by atoms with van der Waals surface area (Å²) in [4.78, 5) is 19.0. The molecule has 0 unspecified atom stereocenters. The van der Waals surface area contributed by atoms with E-state index in [9.17, 15) is 18.0 Å². The van der Waals surface area contributed by atoms with Crippen LogP contribution in [0.3, 0.4) is 0 Å². The Balaban J connectivity index is 1.38. The van der Waals surface area contributed by atoms with E-state index in [1.165, 1.54) is 18.2 Å². The average Bonchev–Trinajstić information content (AvgIpc) is 3.14. The molecule has 3 aromatic rings. The molecule has 30 heavy (non-hydrogen) atoms. The Bertz CT molecular complexity index is 1060. The highest BCUT2D eigenvalue weighted by Gasteiger charge is 2.24. The molecular weight excluding hydrogens is 393 g/mol. The molecule has 0 saturated heterocycles.